The fourth-order valence-corrected chi connectivity index (χ4v) is 2.82. The highest BCUT2D eigenvalue weighted by atomic mass is 19.4. The number of hydrogen-bond acceptors (Lipinski definition) is 3. The van der Waals surface area contributed by atoms with Crippen molar-refractivity contribution in [2.75, 3.05) is 6.54 Å². The Balaban J connectivity index is 3.32. The highest BCUT2D eigenvalue weighted by Crippen LogP contribution is 2.15. The lowest BCUT2D eigenvalue weighted by Crippen LogP contribution is -2.35. The van der Waals surface area contributed by atoms with E-state index in [4.69, 9.17) is 0 Å². The Hall–Kier alpha value is -1.07. The molecular weight excluding hydrogens is 343 g/mol. The van der Waals surface area contributed by atoms with E-state index in [2.05, 4.69) is 11.9 Å². The lowest BCUT2D eigenvalue weighted by atomic mass is 10.0. The van der Waals surface area contributed by atoms with Gasteiger partial charge in [-0.25, -0.2) is 0 Å². The molecule has 0 aliphatic heterocycles. The number of aliphatic imine (C=N–C) groups is 1. The normalized spacial score (nSPS) is 12.5. The fourth-order valence-electron chi connectivity index (χ4n) is 2.82. The Kier molecular flexibility index (Phi) is 15.5. The van der Waals surface area contributed by atoms with Crippen LogP contribution in [0.15, 0.2) is 4.99 Å². The number of alkyl halides is 3. The predicted molar refractivity (Wildman–Crippen MR) is 98.3 cm³/mol. The Bertz CT molecular complexity index is 382. The van der Waals surface area contributed by atoms with Gasteiger partial charge in [0.05, 0.1) is 5.90 Å². The van der Waals surface area contributed by atoms with E-state index >= 15 is 0 Å². The molecule has 0 spiro atoms. The van der Waals surface area contributed by atoms with E-state index in [-0.39, 0.29) is 6.54 Å². The van der Waals surface area contributed by atoms with Crippen molar-refractivity contribution in [3.8, 4) is 0 Å². The second-order valence-corrected chi connectivity index (χ2v) is 6.97. The van der Waals surface area contributed by atoms with E-state index in [0.717, 1.165) is 64.2 Å². The number of ketones is 1. The molecule has 0 aliphatic carbocycles. The number of carbonyl (C=O) groups is 1. The van der Waals surface area contributed by atoms with Crippen molar-refractivity contribution in [1.82, 2.24) is 0 Å². The first-order valence-electron chi connectivity index (χ1n) is 10.2. The van der Waals surface area contributed by atoms with Crippen LogP contribution in [0.4, 0.5) is 13.2 Å². The summed E-state index contributed by atoms with van der Waals surface area (Å²) in [6.07, 6.45) is 10.0. The Morgan fingerprint density at radius 1 is 0.769 bits per heavy atom. The third-order valence-corrected chi connectivity index (χ3v) is 4.42. The lowest BCUT2D eigenvalue weighted by Gasteiger charge is -2.13. The summed E-state index contributed by atoms with van der Waals surface area (Å²) in [5, 5.41) is 10.5. The molecule has 0 aromatic heterocycles. The van der Waals surface area contributed by atoms with Gasteiger partial charge >= 0.3 is 6.18 Å². The van der Waals surface area contributed by atoms with Gasteiger partial charge in [-0.1, -0.05) is 71.1 Å². The number of Topliss-reactive ketones (excluding diaryl/α,β-unsaturated/α-hetero) is 1. The smallest absolute Gasteiger partial charge is 0.419 e. The van der Waals surface area contributed by atoms with Gasteiger partial charge in [-0.3, -0.25) is 9.79 Å². The minimum atomic E-state index is -4.84. The van der Waals surface area contributed by atoms with Crippen molar-refractivity contribution in [1.29, 1.82) is 0 Å². The molecule has 26 heavy (non-hydrogen) atoms. The lowest BCUT2D eigenvalue weighted by molar-refractivity contribution is -0.262. The van der Waals surface area contributed by atoms with Gasteiger partial charge in [-0.05, 0) is 19.3 Å². The van der Waals surface area contributed by atoms with Gasteiger partial charge in [0.1, 0.15) is 5.78 Å². The van der Waals surface area contributed by atoms with Crippen LogP contribution < -0.4 is 5.11 Å². The van der Waals surface area contributed by atoms with Crippen molar-refractivity contribution in [2.45, 2.75) is 109 Å². The Morgan fingerprint density at radius 3 is 1.65 bits per heavy atom. The minimum absolute atomic E-state index is 0.0428. The van der Waals surface area contributed by atoms with Gasteiger partial charge in [0.25, 0.3) is 0 Å². The zero-order valence-electron chi connectivity index (χ0n) is 16.2. The molecule has 6 heteroatoms. The Morgan fingerprint density at radius 2 is 1.19 bits per heavy atom. The second-order valence-electron chi connectivity index (χ2n) is 6.97. The van der Waals surface area contributed by atoms with Crippen LogP contribution in [-0.4, -0.2) is 24.4 Å². The van der Waals surface area contributed by atoms with Crippen LogP contribution in [0.5, 0.6) is 0 Å². The monoisotopic (exact) mass is 378 g/mol. The zero-order chi connectivity index (χ0) is 19.7. The summed E-state index contributed by atoms with van der Waals surface area (Å²) < 4.78 is 35.8. The van der Waals surface area contributed by atoms with Gasteiger partial charge in [-0.2, -0.15) is 13.2 Å². The number of halogens is 3. The van der Waals surface area contributed by atoms with Crippen molar-refractivity contribution >= 4 is 11.7 Å². The summed E-state index contributed by atoms with van der Waals surface area (Å²) in [6.45, 7) is 2.14. The van der Waals surface area contributed by atoms with Gasteiger partial charge in [-0.15, -0.1) is 0 Å². The van der Waals surface area contributed by atoms with Crippen LogP contribution in [0.1, 0.15) is 103 Å². The molecule has 0 amide bonds. The summed E-state index contributed by atoms with van der Waals surface area (Å²) in [5.41, 5.74) is 0. The van der Waals surface area contributed by atoms with E-state index in [1.54, 1.807) is 0 Å². The molecule has 154 valence electrons. The van der Waals surface area contributed by atoms with E-state index in [9.17, 15) is 23.1 Å². The number of nitrogens with zero attached hydrogens (tertiary/aromatic N) is 1. The molecule has 0 aromatic rings. The molecule has 0 atom stereocenters. The maximum atomic E-state index is 11.9. The van der Waals surface area contributed by atoms with Crippen LogP contribution in [0.3, 0.4) is 0 Å². The maximum absolute atomic E-state index is 11.9. The molecule has 0 fully saturated rings. The molecule has 0 rings (SSSR count). The van der Waals surface area contributed by atoms with Crippen LogP contribution in [0, 0.1) is 0 Å². The van der Waals surface area contributed by atoms with Crippen molar-refractivity contribution in [2.24, 2.45) is 4.99 Å². The molecule has 0 heterocycles. The zero-order valence-corrected chi connectivity index (χ0v) is 16.2. The summed E-state index contributed by atoms with van der Waals surface area (Å²) in [5.74, 6) is -1.59. The summed E-state index contributed by atoms with van der Waals surface area (Å²) >= 11 is 0. The quantitative estimate of drug-likeness (QED) is 0.184. The van der Waals surface area contributed by atoms with Gasteiger partial charge in [0.15, 0.2) is 0 Å². The van der Waals surface area contributed by atoms with Crippen LogP contribution in [0.2, 0.25) is 0 Å². The highest BCUT2D eigenvalue weighted by molar-refractivity contribution is 5.78. The molecule has 0 saturated heterocycles. The van der Waals surface area contributed by atoms with E-state index in [0.29, 0.717) is 18.6 Å². The maximum Gasteiger partial charge on any atom is 0.419 e. The van der Waals surface area contributed by atoms with E-state index in [1.807, 2.05) is 0 Å². The highest BCUT2D eigenvalue weighted by Gasteiger charge is 2.27. The first-order valence-corrected chi connectivity index (χ1v) is 10.2. The van der Waals surface area contributed by atoms with E-state index in [1.165, 1.54) is 19.3 Å². The number of carbonyl (C=O) groups excluding carboxylic acids is 1. The van der Waals surface area contributed by atoms with Crippen LogP contribution in [-0.2, 0) is 4.79 Å². The molecular formula is C20H35F3NO2-. The molecule has 0 aromatic carbocycles. The first kappa shape index (κ1) is 24.9. The Labute approximate surface area is 156 Å². The van der Waals surface area contributed by atoms with E-state index < -0.39 is 12.1 Å². The molecule has 0 bridgehead atoms. The van der Waals surface area contributed by atoms with Crippen molar-refractivity contribution < 1.29 is 23.1 Å². The number of unbranched alkanes of at least 4 members (excludes halogenated alkanes) is 11. The van der Waals surface area contributed by atoms with Crippen LogP contribution >= 0.6 is 0 Å². The summed E-state index contributed by atoms with van der Waals surface area (Å²) in [4.78, 5) is 14.7. The minimum Gasteiger partial charge on any atom is -0.856 e. The van der Waals surface area contributed by atoms with Crippen molar-refractivity contribution in [3.05, 3.63) is 0 Å². The van der Waals surface area contributed by atoms with Crippen LogP contribution in [0.25, 0.3) is 0 Å². The molecule has 0 radical (unpaired) electrons. The third kappa shape index (κ3) is 16.4. The van der Waals surface area contributed by atoms with Gasteiger partial charge in [0.2, 0.25) is 0 Å². The number of rotatable bonds is 17. The van der Waals surface area contributed by atoms with Crippen molar-refractivity contribution in [3.63, 3.8) is 0 Å². The topological polar surface area (TPSA) is 52.5 Å². The molecule has 0 saturated carbocycles. The molecule has 0 N–H and O–H groups in total. The average molecular weight is 378 g/mol. The molecule has 0 aliphatic rings. The first-order chi connectivity index (χ1) is 12.4. The molecule has 3 nitrogen and oxygen atoms in total. The second kappa shape index (κ2) is 16.1. The third-order valence-electron chi connectivity index (χ3n) is 4.42. The SMILES string of the molecule is CCCCCCCC(=O)CCCCCCCCCCN=C([O-])C(F)(F)F. The predicted octanol–water partition coefficient (Wildman–Crippen LogP) is 5.75. The standard InChI is InChI=1S/C20H36F3NO2/c1-2-3-4-9-12-15-18(25)16-13-10-7-5-6-8-11-14-17-24-19(26)20(21,22)23/h2-17H2,1H3,(H,24,26)/p-1. The number of hydrogen-bond donors (Lipinski definition) is 0. The summed E-state index contributed by atoms with van der Waals surface area (Å²) in [6, 6.07) is 0. The average Bonchev–Trinajstić information content (AvgIpc) is 2.58. The van der Waals surface area contributed by atoms with Gasteiger partial charge in [0, 0.05) is 19.4 Å². The largest absolute Gasteiger partial charge is 0.856 e. The summed E-state index contributed by atoms with van der Waals surface area (Å²) in [7, 11) is 0. The van der Waals surface area contributed by atoms with Gasteiger partial charge < -0.3 is 5.11 Å². The fraction of sp³-hybridized carbons (Fsp3) is 0.900. The molecule has 0 unspecified atom stereocenters.